The van der Waals surface area contributed by atoms with E-state index in [0.717, 1.165) is 30.5 Å². The molecular weight excluding hydrogens is 408 g/mol. The molecular formula is C24H24N4O4. The summed E-state index contributed by atoms with van der Waals surface area (Å²) in [6.45, 7) is 6.48. The van der Waals surface area contributed by atoms with Gasteiger partial charge in [0.1, 0.15) is 22.6 Å². The van der Waals surface area contributed by atoms with Crippen LogP contribution in [0.25, 0.3) is 16.5 Å². The number of ether oxygens (including phenoxy) is 1. The molecule has 0 aliphatic carbocycles. The lowest BCUT2D eigenvalue weighted by atomic mass is 10.1. The summed E-state index contributed by atoms with van der Waals surface area (Å²) in [5.74, 6) is 1.08. The summed E-state index contributed by atoms with van der Waals surface area (Å²) in [5, 5.41) is 5.02. The number of carbonyl (C=O) groups excluding carboxylic acids is 2. The van der Waals surface area contributed by atoms with E-state index in [1.165, 1.54) is 0 Å². The van der Waals surface area contributed by atoms with Crippen LogP contribution in [-0.4, -0.2) is 38.9 Å². The number of fused-ring (bicyclic) bond motifs is 2. The van der Waals surface area contributed by atoms with E-state index in [9.17, 15) is 9.59 Å². The summed E-state index contributed by atoms with van der Waals surface area (Å²) in [6.07, 6.45) is 5.45. The van der Waals surface area contributed by atoms with Gasteiger partial charge in [-0.3, -0.25) is 9.59 Å². The van der Waals surface area contributed by atoms with Crippen molar-refractivity contribution < 1.29 is 18.7 Å². The molecule has 0 spiro atoms. The summed E-state index contributed by atoms with van der Waals surface area (Å²) in [5.41, 5.74) is 8.55. The lowest BCUT2D eigenvalue weighted by Crippen LogP contribution is -2.33. The smallest absolute Gasteiger partial charge is 0.256 e. The van der Waals surface area contributed by atoms with E-state index in [2.05, 4.69) is 12.0 Å². The van der Waals surface area contributed by atoms with E-state index in [1.54, 1.807) is 48.1 Å². The number of aryl methyl sites for hydroxylation is 2. The maximum Gasteiger partial charge on any atom is 0.256 e. The fraction of sp³-hybridized carbons (Fsp3) is 0.292. The molecule has 0 bridgehead atoms. The number of furan rings is 1. The second-order valence-electron chi connectivity index (χ2n) is 8.30. The molecule has 1 aliphatic heterocycles. The first kappa shape index (κ1) is 20.1. The van der Waals surface area contributed by atoms with Crippen LogP contribution in [0.3, 0.4) is 0 Å². The van der Waals surface area contributed by atoms with E-state index in [4.69, 9.17) is 14.9 Å². The molecule has 164 valence electrons. The van der Waals surface area contributed by atoms with Gasteiger partial charge in [0.2, 0.25) is 0 Å². The number of likely N-dealkylation sites (tertiary alicyclic amines) is 1. The van der Waals surface area contributed by atoms with Crippen molar-refractivity contribution in [2.45, 2.75) is 39.7 Å². The number of carbonyl (C=O) groups is 2. The van der Waals surface area contributed by atoms with Crippen molar-refractivity contribution in [3.8, 4) is 11.5 Å². The maximum absolute atomic E-state index is 13.1. The van der Waals surface area contributed by atoms with Crippen molar-refractivity contribution in [1.82, 2.24) is 14.5 Å². The van der Waals surface area contributed by atoms with Crippen molar-refractivity contribution in [3.63, 3.8) is 0 Å². The van der Waals surface area contributed by atoms with Crippen LogP contribution in [0.4, 0.5) is 0 Å². The highest BCUT2D eigenvalue weighted by atomic mass is 16.5. The molecule has 5 rings (SSSR count). The Morgan fingerprint density at radius 2 is 2.06 bits per heavy atom. The third-order valence-corrected chi connectivity index (χ3v) is 6.25. The SMILES string of the molecule is Cc1oc2cc(Oc3ccnn4cc(C(=O)N5CCCC5C)c(C)c34)ccc2c1C(N)=O. The Labute approximate surface area is 184 Å². The number of nitrogens with zero attached hydrogens (tertiary/aromatic N) is 3. The zero-order valence-electron chi connectivity index (χ0n) is 18.2. The number of hydrogen-bond donors (Lipinski definition) is 1. The monoisotopic (exact) mass is 432 g/mol. The van der Waals surface area contributed by atoms with E-state index in [0.29, 0.717) is 39.4 Å². The van der Waals surface area contributed by atoms with Crippen molar-refractivity contribution in [2.24, 2.45) is 5.73 Å². The second kappa shape index (κ2) is 7.40. The number of aromatic nitrogens is 2. The fourth-order valence-electron chi connectivity index (χ4n) is 4.61. The highest BCUT2D eigenvalue weighted by molar-refractivity contribution is 6.06. The Balaban J connectivity index is 1.53. The Morgan fingerprint density at radius 3 is 2.78 bits per heavy atom. The van der Waals surface area contributed by atoms with Gasteiger partial charge in [-0.1, -0.05) is 0 Å². The van der Waals surface area contributed by atoms with Crippen LogP contribution < -0.4 is 10.5 Å². The Bertz CT molecular complexity index is 1380. The van der Waals surface area contributed by atoms with Gasteiger partial charge >= 0.3 is 0 Å². The normalized spacial score (nSPS) is 16.2. The number of benzene rings is 1. The maximum atomic E-state index is 13.1. The summed E-state index contributed by atoms with van der Waals surface area (Å²) in [6, 6.07) is 7.25. The highest BCUT2D eigenvalue weighted by Crippen LogP contribution is 2.34. The minimum Gasteiger partial charge on any atom is -0.460 e. The van der Waals surface area contributed by atoms with Crippen molar-refractivity contribution in [1.29, 1.82) is 0 Å². The predicted molar refractivity (Wildman–Crippen MR) is 119 cm³/mol. The molecule has 4 heterocycles. The number of hydrogen-bond acceptors (Lipinski definition) is 5. The fourth-order valence-corrected chi connectivity index (χ4v) is 4.61. The minimum absolute atomic E-state index is 0.0235. The summed E-state index contributed by atoms with van der Waals surface area (Å²) in [7, 11) is 0. The van der Waals surface area contributed by atoms with Crippen LogP contribution in [0.2, 0.25) is 0 Å². The van der Waals surface area contributed by atoms with E-state index in [-0.39, 0.29) is 11.9 Å². The largest absolute Gasteiger partial charge is 0.460 e. The molecule has 32 heavy (non-hydrogen) atoms. The minimum atomic E-state index is -0.529. The van der Waals surface area contributed by atoms with Gasteiger partial charge in [0.15, 0.2) is 5.75 Å². The van der Waals surface area contributed by atoms with Crippen LogP contribution in [0, 0.1) is 13.8 Å². The molecule has 0 radical (unpaired) electrons. The zero-order valence-corrected chi connectivity index (χ0v) is 18.2. The number of amides is 2. The quantitative estimate of drug-likeness (QED) is 0.520. The molecule has 8 nitrogen and oxygen atoms in total. The van der Waals surface area contributed by atoms with Gasteiger partial charge in [0.25, 0.3) is 11.8 Å². The lowest BCUT2D eigenvalue weighted by molar-refractivity contribution is 0.0746. The van der Waals surface area contributed by atoms with E-state index < -0.39 is 5.91 Å². The van der Waals surface area contributed by atoms with Crippen LogP contribution in [0.15, 0.2) is 41.1 Å². The van der Waals surface area contributed by atoms with Crippen molar-refractivity contribution in [2.75, 3.05) is 6.54 Å². The highest BCUT2D eigenvalue weighted by Gasteiger charge is 2.29. The summed E-state index contributed by atoms with van der Waals surface area (Å²) < 4.78 is 13.6. The average molecular weight is 432 g/mol. The van der Waals surface area contributed by atoms with Crippen LogP contribution in [-0.2, 0) is 0 Å². The van der Waals surface area contributed by atoms with Gasteiger partial charge in [-0.25, -0.2) is 4.52 Å². The number of rotatable bonds is 4. The number of nitrogens with two attached hydrogens (primary N) is 1. The predicted octanol–water partition coefficient (Wildman–Crippen LogP) is 4.21. The van der Waals surface area contributed by atoms with Gasteiger partial charge in [0, 0.05) is 36.3 Å². The second-order valence-corrected chi connectivity index (χ2v) is 8.30. The molecule has 1 aromatic carbocycles. The Hall–Kier alpha value is -3.81. The van der Waals surface area contributed by atoms with Gasteiger partial charge in [0.05, 0.1) is 17.3 Å². The van der Waals surface area contributed by atoms with E-state index >= 15 is 0 Å². The molecule has 4 aromatic rings. The molecule has 0 saturated carbocycles. The molecule has 1 unspecified atom stereocenters. The molecule has 3 aromatic heterocycles. The molecule has 1 fully saturated rings. The molecule has 2 N–H and O–H groups in total. The molecule has 1 saturated heterocycles. The molecule has 8 heteroatoms. The third kappa shape index (κ3) is 3.10. The number of primary amides is 1. The molecule has 1 atom stereocenters. The van der Waals surface area contributed by atoms with Crippen LogP contribution >= 0.6 is 0 Å². The van der Waals surface area contributed by atoms with Crippen molar-refractivity contribution in [3.05, 3.63) is 59.1 Å². The Kier molecular flexibility index (Phi) is 4.65. The lowest BCUT2D eigenvalue weighted by Gasteiger charge is -2.21. The van der Waals surface area contributed by atoms with Gasteiger partial charge in [-0.05, 0) is 51.3 Å². The first-order chi connectivity index (χ1) is 15.3. The Morgan fingerprint density at radius 1 is 1.25 bits per heavy atom. The van der Waals surface area contributed by atoms with Gasteiger partial charge in [-0.2, -0.15) is 5.10 Å². The van der Waals surface area contributed by atoms with Crippen molar-refractivity contribution >= 4 is 28.3 Å². The zero-order chi connectivity index (χ0) is 22.6. The third-order valence-electron chi connectivity index (χ3n) is 6.25. The van der Waals surface area contributed by atoms with E-state index in [1.807, 2.05) is 11.8 Å². The van der Waals surface area contributed by atoms with Gasteiger partial charge in [-0.15, -0.1) is 0 Å². The molecule has 2 amide bonds. The van der Waals surface area contributed by atoms with Crippen LogP contribution in [0.5, 0.6) is 11.5 Å². The first-order valence-electron chi connectivity index (χ1n) is 10.6. The van der Waals surface area contributed by atoms with Crippen LogP contribution in [0.1, 0.15) is 51.8 Å². The average Bonchev–Trinajstić information content (AvgIpc) is 3.42. The topological polar surface area (TPSA) is 103 Å². The summed E-state index contributed by atoms with van der Waals surface area (Å²) in [4.78, 5) is 26.8. The summed E-state index contributed by atoms with van der Waals surface area (Å²) >= 11 is 0. The first-order valence-corrected chi connectivity index (χ1v) is 10.6. The molecule has 1 aliphatic rings. The standard InChI is InChI=1S/C24H24N4O4/c1-13-5-4-10-27(13)24(30)18-12-28-22(14(18)2)19(8-9-26-28)32-16-6-7-17-20(11-16)31-15(3)21(17)23(25)29/h6-9,11-13H,4-5,10H2,1-3H3,(H2,25,29). The van der Waals surface area contributed by atoms with Gasteiger partial charge < -0.3 is 19.8 Å².